The fourth-order valence-electron chi connectivity index (χ4n) is 0.0386. The van der Waals surface area contributed by atoms with Crippen molar-refractivity contribution in [2.45, 2.75) is 13.8 Å². The van der Waals surface area contributed by atoms with Crippen LogP contribution in [0.5, 0.6) is 0 Å². The number of alkyl halides is 1. The van der Waals surface area contributed by atoms with E-state index in [2.05, 4.69) is 15.9 Å². The first-order chi connectivity index (χ1) is 3.12. The molecule has 0 aromatic heterocycles. The predicted octanol–water partition coefficient (Wildman–Crippen LogP) is 1.84. The number of hydrogen-bond donors (Lipinski definition) is 0. The van der Waals surface area contributed by atoms with Crippen LogP contribution >= 0.6 is 15.9 Å². The molecule has 0 amide bonds. The molecule has 7 heavy (non-hydrogen) atoms. The molecule has 0 heterocycles. The SMILES string of the molecule is CC(C)(C[O])CBr. The van der Waals surface area contributed by atoms with Crippen LogP contribution in [-0.2, 0) is 5.11 Å². The summed E-state index contributed by atoms with van der Waals surface area (Å²) in [7, 11) is 0. The fraction of sp³-hybridized carbons (Fsp3) is 1.00. The van der Waals surface area contributed by atoms with Crippen molar-refractivity contribution in [2.75, 3.05) is 11.9 Å². The first-order valence-corrected chi connectivity index (χ1v) is 3.38. The second kappa shape index (κ2) is 2.68. The van der Waals surface area contributed by atoms with E-state index in [4.69, 9.17) is 0 Å². The van der Waals surface area contributed by atoms with E-state index in [0.29, 0.717) is 0 Å². The summed E-state index contributed by atoms with van der Waals surface area (Å²) >= 11 is 3.23. The Labute approximate surface area is 52.9 Å². The third-order valence-corrected chi connectivity index (χ3v) is 2.27. The lowest BCUT2D eigenvalue weighted by atomic mass is 9.99. The molecular weight excluding hydrogens is 156 g/mol. The van der Waals surface area contributed by atoms with Gasteiger partial charge in [0.1, 0.15) is 0 Å². The van der Waals surface area contributed by atoms with Crippen LogP contribution < -0.4 is 0 Å². The molecule has 0 aromatic rings. The Hall–Kier alpha value is 0.440. The van der Waals surface area contributed by atoms with Crippen molar-refractivity contribution in [1.82, 2.24) is 0 Å². The minimum Gasteiger partial charge on any atom is -0.236 e. The Balaban J connectivity index is 3.36. The van der Waals surface area contributed by atoms with Gasteiger partial charge in [0, 0.05) is 10.7 Å². The second-order valence-electron chi connectivity index (χ2n) is 2.44. The predicted molar refractivity (Wildman–Crippen MR) is 33.1 cm³/mol. The summed E-state index contributed by atoms with van der Waals surface area (Å²) in [6, 6.07) is 0. The van der Waals surface area contributed by atoms with E-state index in [1.807, 2.05) is 13.8 Å². The van der Waals surface area contributed by atoms with Gasteiger partial charge in [0.05, 0.1) is 6.61 Å². The summed E-state index contributed by atoms with van der Waals surface area (Å²) in [5, 5.41) is 10.9. The van der Waals surface area contributed by atoms with Gasteiger partial charge in [-0.2, -0.15) is 0 Å². The van der Waals surface area contributed by atoms with Gasteiger partial charge in [0.25, 0.3) is 0 Å². The maximum absolute atomic E-state index is 10.2. The van der Waals surface area contributed by atoms with Crippen LogP contribution in [0.4, 0.5) is 0 Å². The molecule has 0 fully saturated rings. The molecular formula is C5H10BrO. The largest absolute Gasteiger partial charge is 0.236 e. The molecule has 0 aromatic carbocycles. The van der Waals surface area contributed by atoms with Crippen molar-refractivity contribution in [1.29, 1.82) is 0 Å². The van der Waals surface area contributed by atoms with Crippen molar-refractivity contribution < 1.29 is 5.11 Å². The van der Waals surface area contributed by atoms with Crippen LogP contribution in [0.2, 0.25) is 0 Å². The first-order valence-electron chi connectivity index (χ1n) is 2.26. The van der Waals surface area contributed by atoms with Gasteiger partial charge < -0.3 is 0 Å². The van der Waals surface area contributed by atoms with Crippen LogP contribution in [0.3, 0.4) is 0 Å². The second-order valence-corrected chi connectivity index (χ2v) is 3.00. The van der Waals surface area contributed by atoms with Gasteiger partial charge in [-0.05, 0) is 0 Å². The molecule has 0 aliphatic rings. The van der Waals surface area contributed by atoms with Crippen molar-refractivity contribution >= 4 is 15.9 Å². The van der Waals surface area contributed by atoms with Crippen molar-refractivity contribution in [3.8, 4) is 0 Å². The Morgan fingerprint density at radius 1 is 1.57 bits per heavy atom. The average Bonchev–Trinajstić information content (AvgIpc) is 1.68. The molecule has 1 nitrogen and oxygen atoms in total. The van der Waals surface area contributed by atoms with Gasteiger partial charge in [-0.15, -0.1) is 0 Å². The highest BCUT2D eigenvalue weighted by atomic mass is 79.9. The molecule has 43 valence electrons. The maximum atomic E-state index is 10.2. The van der Waals surface area contributed by atoms with Crippen LogP contribution in [-0.4, -0.2) is 11.9 Å². The lowest BCUT2D eigenvalue weighted by molar-refractivity contribution is 0.109. The van der Waals surface area contributed by atoms with E-state index in [-0.39, 0.29) is 12.0 Å². The van der Waals surface area contributed by atoms with E-state index >= 15 is 0 Å². The van der Waals surface area contributed by atoms with Gasteiger partial charge in [0.15, 0.2) is 0 Å². The van der Waals surface area contributed by atoms with E-state index in [1.54, 1.807) is 0 Å². The standard InChI is InChI=1S/C5H10BrO/c1-5(2,3-6)4-7/h3-4H2,1-2H3. The zero-order valence-electron chi connectivity index (χ0n) is 4.70. The molecule has 0 N–H and O–H groups in total. The minimum absolute atomic E-state index is 0.00174. The van der Waals surface area contributed by atoms with E-state index in [9.17, 15) is 5.11 Å². The molecule has 0 spiro atoms. The van der Waals surface area contributed by atoms with Crippen molar-refractivity contribution in [3.63, 3.8) is 0 Å². The van der Waals surface area contributed by atoms with Crippen LogP contribution in [0.1, 0.15) is 13.8 Å². The summed E-state index contributed by atoms with van der Waals surface area (Å²) in [5.41, 5.74) is -0.0556. The van der Waals surface area contributed by atoms with Gasteiger partial charge in [-0.3, -0.25) is 0 Å². The zero-order valence-corrected chi connectivity index (χ0v) is 6.29. The molecule has 0 bridgehead atoms. The number of halogens is 1. The maximum Gasteiger partial charge on any atom is 0.0881 e. The summed E-state index contributed by atoms with van der Waals surface area (Å²) in [4.78, 5) is 0. The smallest absolute Gasteiger partial charge is 0.0881 e. The topological polar surface area (TPSA) is 19.9 Å². The average molecular weight is 166 g/mol. The van der Waals surface area contributed by atoms with Gasteiger partial charge in [0.2, 0.25) is 0 Å². The minimum atomic E-state index is -0.0556. The van der Waals surface area contributed by atoms with Crippen LogP contribution in [0.25, 0.3) is 0 Å². The van der Waals surface area contributed by atoms with Crippen LogP contribution in [0.15, 0.2) is 0 Å². The number of rotatable bonds is 2. The highest BCUT2D eigenvalue weighted by molar-refractivity contribution is 9.09. The molecule has 0 aliphatic heterocycles. The summed E-state index contributed by atoms with van der Waals surface area (Å²) in [6.45, 7) is 3.88. The highest BCUT2D eigenvalue weighted by Crippen LogP contribution is 2.15. The lowest BCUT2D eigenvalue weighted by Gasteiger charge is -2.14. The fourth-order valence-corrected chi connectivity index (χ4v) is 0.200. The van der Waals surface area contributed by atoms with Crippen LogP contribution in [0, 0.1) is 5.41 Å². The molecule has 1 radical (unpaired) electrons. The summed E-state index contributed by atoms with van der Waals surface area (Å²) < 4.78 is 0. The van der Waals surface area contributed by atoms with Crippen molar-refractivity contribution in [3.05, 3.63) is 0 Å². The van der Waals surface area contributed by atoms with E-state index < -0.39 is 0 Å². The third-order valence-electron chi connectivity index (χ3n) is 0.752. The Morgan fingerprint density at radius 3 is 2.00 bits per heavy atom. The van der Waals surface area contributed by atoms with Gasteiger partial charge in [-0.25, -0.2) is 5.11 Å². The zero-order chi connectivity index (χ0) is 5.91. The molecule has 0 saturated heterocycles. The normalized spacial score (nSPS) is 12.0. The van der Waals surface area contributed by atoms with E-state index in [1.165, 1.54) is 0 Å². The summed E-state index contributed by atoms with van der Waals surface area (Å²) in [6.07, 6.45) is 0. The molecule has 0 saturated carbocycles. The monoisotopic (exact) mass is 165 g/mol. The van der Waals surface area contributed by atoms with Gasteiger partial charge >= 0.3 is 0 Å². The molecule has 2 heteroatoms. The molecule has 0 rings (SSSR count). The third kappa shape index (κ3) is 3.06. The summed E-state index contributed by atoms with van der Waals surface area (Å²) in [5.74, 6) is 0. The molecule has 0 atom stereocenters. The number of hydrogen-bond acceptors (Lipinski definition) is 0. The quantitative estimate of drug-likeness (QED) is 0.557. The Morgan fingerprint density at radius 2 is 2.00 bits per heavy atom. The Bertz CT molecular complexity index is 46.0. The molecule has 0 unspecified atom stereocenters. The van der Waals surface area contributed by atoms with Crippen molar-refractivity contribution in [2.24, 2.45) is 5.41 Å². The lowest BCUT2D eigenvalue weighted by Crippen LogP contribution is -2.16. The van der Waals surface area contributed by atoms with Gasteiger partial charge in [-0.1, -0.05) is 29.8 Å². The van der Waals surface area contributed by atoms with E-state index in [0.717, 1.165) is 5.33 Å². The Kier molecular flexibility index (Phi) is 2.84. The highest BCUT2D eigenvalue weighted by Gasteiger charge is 2.13. The first kappa shape index (κ1) is 7.44. The molecule has 0 aliphatic carbocycles.